The zero-order valence-corrected chi connectivity index (χ0v) is 20.6. The van der Waals surface area contributed by atoms with E-state index >= 15 is 0 Å². The van der Waals surface area contributed by atoms with E-state index in [0.717, 1.165) is 50.0 Å². The molecule has 0 atom stereocenters. The number of imidazole rings is 1. The Labute approximate surface area is 213 Å². The van der Waals surface area contributed by atoms with Crippen LogP contribution in [0.1, 0.15) is 25.0 Å². The highest BCUT2D eigenvalue weighted by Crippen LogP contribution is 2.47. The molecule has 0 amide bonds. The van der Waals surface area contributed by atoms with Gasteiger partial charge in [-0.25, -0.2) is 4.98 Å². The van der Waals surface area contributed by atoms with Crippen LogP contribution in [0.2, 0.25) is 0 Å². The van der Waals surface area contributed by atoms with E-state index in [2.05, 4.69) is 90.1 Å². The first kappa shape index (κ1) is 20.5. The molecule has 0 saturated carbocycles. The Bertz CT molecular complexity index is 2010. The number of nitrogens with zero attached hydrogens (tertiary/aromatic N) is 3. The molecule has 4 nitrogen and oxygen atoms in total. The summed E-state index contributed by atoms with van der Waals surface area (Å²) in [7, 11) is 0. The van der Waals surface area contributed by atoms with Crippen molar-refractivity contribution in [1.29, 1.82) is 0 Å². The van der Waals surface area contributed by atoms with Gasteiger partial charge in [-0.15, -0.1) is 0 Å². The number of rotatable bonds is 2. The highest BCUT2D eigenvalue weighted by atomic mass is 16.3. The lowest BCUT2D eigenvalue weighted by molar-refractivity contribution is 0.629. The minimum Gasteiger partial charge on any atom is -0.455 e. The van der Waals surface area contributed by atoms with Crippen molar-refractivity contribution in [2.24, 2.45) is 0 Å². The SMILES string of the molecule is CC1(C)c2cc(-c3cccc4c3oc3ccccc34)ccc2-n2c(-c3ccncc3)nc3cccc1c32. The smallest absolute Gasteiger partial charge is 0.145 e. The summed E-state index contributed by atoms with van der Waals surface area (Å²) in [5.41, 5.74) is 10.9. The van der Waals surface area contributed by atoms with Gasteiger partial charge in [-0.2, -0.15) is 0 Å². The fourth-order valence-electron chi connectivity index (χ4n) is 6.08. The molecule has 0 bridgehead atoms. The summed E-state index contributed by atoms with van der Waals surface area (Å²) in [4.78, 5) is 9.30. The number of para-hydroxylation sites is 3. The zero-order chi connectivity index (χ0) is 24.7. The third-order valence-corrected chi connectivity index (χ3v) is 7.91. The summed E-state index contributed by atoms with van der Waals surface area (Å²) in [6.45, 7) is 4.63. The summed E-state index contributed by atoms with van der Waals surface area (Å²) in [5, 5.41) is 2.29. The third-order valence-electron chi connectivity index (χ3n) is 7.91. The minimum atomic E-state index is -0.196. The van der Waals surface area contributed by atoms with Crippen LogP contribution < -0.4 is 0 Å². The second kappa shape index (κ2) is 7.17. The van der Waals surface area contributed by atoms with Crippen molar-refractivity contribution in [3.8, 4) is 28.2 Å². The summed E-state index contributed by atoms with van der Waals surface area (Å²) in [5.74, 6) is 0.939. The average molecular weight is 478 g/mol. The van der Waals surface area contributed by atoms with Crippen LogP contribution in [0, 0.1) is 0 Å². The molecule has 0 radical (unpaired) electrons. The molecule has 4 heteroatoms. The Hall–Kier alpha value is -4.70. The molecule has 4 aromatic carbocycles. The number of hydrogen-bond acceptors (Lipinski definition) is 3. The molecule has 0 saturated heterocycles. The van der Waals surface area contributed by atoms with Crippen LogP contribution in [-0.2, 0) is 5.41 Å². The predicted molar refractivity (Wildman–Crippen MR) is 149 cm³/mol. The topological polar surface area (TPSA) is 43.9 Å². The van der Waals surface area contributed by atoms with Gasteiger partial charge < -0.3 is 4.42 Å². The lowest BCUT2D eigenvalue weighted by Crippen LogP contribution is -2.26. The maximum atomic E-state index is 6.38. The highest BCUT2D eigenvalue weighted by Gasteiger charge is 2.36. The van der Waals surface area contributed by atoms with E-state index < -0.39 is 0 Å². The van der Waals surface area contributed by atoms with E-state index in [-0.39, 0.29) is 5.41 Å². The van der Waals surface area contributed by atoms with Crippen LogP contribution in [0.5, 0.6) is 0 Å². The molecule has 0 N–H and O–H groups in total. The molecule has 1 aliphatic rings. The minimum absolute atomic E-state index is 0.196. The van der Waals surface area contributed by atoms with Gasteiger partial charge in [0.15, 0.2) is 0 Å². The molecule has 8 rings (SSSR count). The number of hydrogen-bond donors (Lipinski definition) is 0. The maximum absolute atomic E-state index is 6.38. The van der Waals surface area contributed by atoms with Crippen LogP contribution in [0.25, 0.3) is 61.2 Å². The fourth-order valence-corrected chi connectivity index (χ4v) is 6.08. The van der Waals surface area contributed by atoms with Crippen molar-refractivity contribution in [2.75, 3.05) is 0 Å². The van der Waals surface area contributed by atoms with Gasteiger partial charge in [0.05, 0.1) is 16.7 Å². The molecular weight excluding hydrogens is 454 g/mol. The van der Waals surface area contributed by atoms with Gasteiger partial charge in [-0.05, 0) is 53.1 Å². The molecule has 0 spiro atoms. The zero-order valence-electron chi connectivity index (χ0n) is 20.6. The molecule has 0 aliphatic carbocycles. The van der Waals surface area contributed by atoms with Gasteiger partial charge in [0, 0.05) is 39.7 Å². The Kier molecular flexibility index (Phi) is 3.97. The summed E-state index contributed by atoms with van der Waals surface area (Å²) in [6.07, 6.45) is 3.65. The lowest BCUT2D eigenvalue weighted by atomic mass is 9.74. The predicted octanol–water partition coefficient (Wildman–Crippen LogP) is 8.29. The molecule has 7 aromatic rings. The van der Waals surface area contributed by atoms with Crippen LogP contribution in [0.15, 0.2) is 108 Å². The van der Waals surface area contributed by atoms with Gasteiger partial charge >= 0.3 is 0 Å². The van der Waals surface area contributed by atoms with E-state index in [9.17, 15) is 0 Å². The molecule has 1 aliphatic heterocycles. The van der Waals surface area contributed by atoms with Gasteiger partial charge in [0.1, 0.15) is 17.0 Å². The third kappa shape index (κ3) is 2.73. The Balaban J connectivity index is 1.42. The maximum Gasteiger partial charge on any atom is 0.145 e. The normalized spacial score (nSPS) is 13.9. The highest BCUT2D eigenvalue weighted by molar-refractivity contribution is 6.09. The van der Waals surface area contributed by atoms with Gasteiger partial charge in [-0.1, -0.05) is 68.4 Å². The van der Waals surface area contributed by atoms with Crippen molar-refractivity contribution in [1.82, 2.24) is 14.5 Å². The van der Waals surface area contributed by atoms with Crippen LogP contribution in [0.4, 0.5) is 0 Å². The van der Waals surface area contributed by atoms with Gasteiger partial charge in [0.25, 0.3) is 0 Å². The van der Waals surface area contributed by atoms with Crippen molar-refractivity contribution in [3.63, 3.8) is 0 Å². The number of aromatic nitrogens is 3. The molecular formula is C33H23N3O. The molecule has 0 fully saturated rings. The van der Waals surface area contributed by atoms with Crippen molar-refractivity contribution >= 4 is 33.0 Å². The number of fused-ring (bicyclic) bond motifs is 5. The van der Waals surface area contributed by atoms with E-state index in [0.29, 0.717) is 0 Å². The molecule has 3 aromatic heterocycles. The molecule has 0 unspecified atom stereocenters. The van der Waals surface area contributed by atoms with E-state index in [4.69, 9.17) is 9.40 Å². The second-order valence-electron chi connectivity index (χ2n) is 10.3. The van der Waals surface area contributed by atoms with Crippen LogP contribution in [-0.4, -0.2) is 14.5 Å². The second-order valence-corrected chi connectivity index (χ2v) is 10.3. The Morgan fingerprint density at radius 3 is 2.43 bits per heavy atom. The number of furan rings is 1. The first-order valence-corrected chi connectivity index (χ1v) is 12.6. The van der Waals surface area contributed by atoms with Crippen LogP contribution >= 0.6 is 0 Å². The standard InChI is InChI=1S/C33H23N3O/c1-33(2)25-10-6-11-27-30(25)36(32(35-27)20-15-17-34-18-16-20)28-14-13-21(19-26(28)33)22-8-5-9-24-23-7-3-4-12-29(23)37-31(22)24/h3-19H,1-2H3. The largest absolute Gasteiger partial charge is 0.455 e. The van der Waals surface area contributed by atoms with E-state index in [1.165, 1.54) is 22.3 Å². The number of pyridine rings is 1. The Morgan fingerprint density at radius 2 is 1.54 bits per heavy atom. The number of benzene rings is 4. The fraction of sp³-hybridized carbons (Fsp3) is 0.0909. The average Bonchev–Trinajstić information content (AvgIpc) is 3.51. The van der Waals surface area contributed by atoms with E-state index in [1.54, 1.807) is 0 Å². The van der Waals surface area contributed by atoms with Crippen molar-refractivity contribution < 1.29 is 4.42 Å². The first-order chi connectivity index (χ1) is 18.1. The van der Waals surface area contributed by atoms with Crippen LogP contribution in [0.3, 0.4) is 0 Å². The van der Waals surface area contributed by atoms with Crippen molar-refractivity contribution in [2.45, 2.75) is 19.3 Å². The summed E-state index contributed by atoms with van der Waals surface area (Å²) >= 11 is 0. The lowest BCUT2D eigenvalue weighted by Gasteiger charge is -2.35. The van der Waals surface area contributed by atoms with Gasteiger partial charge in [-0.3, -0.25) is 9.55 Å². The van der Waals surface area contributed by atoms with Crippen molar-refractivity contribution in [3.05, 3.63) is 115 Å². The van der Waals surface area contributed by atoms with Gasteiger partial charge in [0.2, 0.25) is 0 Å². The molecule has 176 valence electrons. The summed E-state index contributed by atoms with van der Waals surface area (Å²) < 4.78 is 8.71. The summed E-state index contributed by atoms with van der Waals surface area (Å²) in [6, 6.07) is 32.0. The molecule has 4 heterocycles. The molecule has 37 heavy (non-hydrogen) atoms. The Morgan fingerprint density at radius 1 is 0.730 bits per heavy atom. The quantitative estimate of drug-likeness (QED) is 0.252. The first-order valence-electron chi connectivity index (χ1n) is 12.6. The van der Waals surface area contributed by atoms with E-state index in [1.807, 2.05) is 36.7 Å². The monoisotopic (exact) mass is 477 g/mol.